The molecule has 32 heavy (non-hydrogen) atoms. The molecule has 0 unspecified atom stereocenters. The van der Waals surface area contributed by atoms with Crippen LogP contribution in [-0.2, 0) is 17.8 Å². The number of nitrogens with zero attached hydrogens (tertiary/aromatic N) is 2. The van der Waals surface area contributed by atoms with Crippen molar-refractivity contribution in [3.8, 4) is 5.75 Å². The summed E-state index contributed by atoms with van der Waals surface area (Å²) in [6.07, 6.45) is 1.64. The minimum absolute atomic E-state index is 0.129. The van der Waals surface area contributed by atoms with Crippen molar-refractivity contribution in [2.75, 3.05) is 46.5 Å². The summed E-state index contributed by atoms with van der Waals surface area (Å²) < 4.78 is 16.1. The average molecular weight is 457 g/mol. The average Bonchev–Trinajstić information content (AvgIpc) is 3.34. The fourth-order valence-electron chi connectivity index (χ4n) is 3.70. The number of furan rings is 1. The number of ether oxygens (including phenoxy) is 2. The summed E-state index contributed by atoms with van der Waals surface area (Å²) >= 11 is 5.69. The van der Waals surface area contributed by atoms with Gasteiger partial charge in [-0.05, 0) is 47.9 Å². The first-order valence-corrected chi connectivity index (χ1v) is 11.1. The van der Waals surface area contributed by atoms with E-state index >= 15 is 0 Å². The van der Waals surface area contributed by atoms with Crippen LogP contribution in [0, 0.1) is 0 Å². The van der Waals surface area contributed by atoms with Crippen LogP contribution in [0.1, 0.15) is 11.3 Å². The molecule has 1 aliphatic rings. The first-order valence-electron chi connectivity index (χ1n) is 10.7. The maximum Gasteiger partial charge on any atom is 0.253 e. The van der Waals surface area contributed by atoms with Gasteiger partial charge in [-0.1, -0.05) is 0 Å². The van der Waals surface area contributed by atoms with Crippen LogP contribution in [0.2, 0.25) is 0 Å². The lowest BCUT2D eigenvalue weighted by molar-refractivity contribution is 0.0357. The third-order valence-electron chi connectivity index (χ3n) is 5.56. The standard InChI is InChI=1S/C23H28N4O4S/c1-29-19-5-4-17-13-18(22(28)25-21(17)14-19)16-27(7-6-26-8-11-30-12-9-26)23(32)24-15-20-3-2-10-31-20/h2-5,10,13-14H,6-9,11-12,15-16H2,1H3,(H,24,32)(H,25,28). The molecule has 8 nitrogen and oxygen atoms in total. The largest absolute Gasteiger partial charge is 0.497 e. The van der Waals surface area contributed by atoms with Gasteiger partial charge < -0.3 is 29.1 Å². The molecule has 4 rings (SSSR count). The molecule has 0 aliphatic carbocycles. The van der Waals surface area contributed by atoms with Crippen LogP contribution in [0.4, 0.5) is 0 Å². The Morgan fingerprint density at radius 1 is 1.28 bits per heavy atom. The molecule has 0 radical (unpaired) electrons. The molecule has 1 aliphatic heterocycles. The summed E-state index contributed by atoms with van der Waals surface area (Å²) in [5.74, 6) is 1.51. The summed E-state index contributed by atoms with van der Waals surface area (Å²) in [4.78, 5) is 20.2. The van der Waals surface area contributed by atoms with E-state index in [-0.39, 0.29) is 5.56 Å². The van der Waals surface area contributed by atoms with Crippen molar-refractivity contribution >= 4 is 28.2 Å². The number of pyridine rings is 1. The quantitative estimate of drug-likeness (QED) is 0.500. The summed E-state index contributed by atoms with van der Waals surface area (Å²) in [5, 5.41) is 4.79. The van der Waals surface area contributed by atoms with E-state index < -0.39 is 0 Å². The molecule has 3 heterocycles. The topological polar surface area (TPSA) is 83.0 Å². The lowest BCUT2D eigenvalue weighted by Gasteiger charge is -2.31. The predicted molar refractivity (Wildman–Crippen MR) is 127 cm³/mol. The molecule has 0 amide bonds. The summed E-state index contributed by atoms with van der Waals surface area (Å²) in [6, 6.07) is 11.3. The molecule has 1 aromatic carbocycles. The molecule has 1 fully saturated rings. The second-order valence-corrected chi connectivity index (χ2v) is 8.08. The number of morpholine rings is 1. The number of aromatic nitrogens is 1. The van der Waals surface area contributed by atoms with Gasteiger partial charge in [-0.2, -0.15) is 0 Å². The summed E-state index contributed by atoms with van der Waals surface area (Å²) in [6.45, 7) is 5.74. The first-order chi connectivity index (χ1) is 15.6. The van der Waals surface area contributed by atoms with Gasteiger partial charge in [0.15, 0.2) is 5.11 Å². The zero-order valence-corrected chi connectivity index (χ0v) is 19.0. The van der Waals surface area contributed by atoms with E-state index in [1.807, 2.05) is 41.3 Å². The van der Waals surface area contributed by atoms with E-state index in [2.05, 4.69) is 15.2 Å². The molecule has 2 N–H and O–H groups in total. The first kappa shape index (κ1) is 22.3. The van der Waals surface area contributed by atoms with Crippen LogP contribution in [0.3, 0.4) is 0 Å². The minimum Gasteiger partial charge on any atom is -0.497 e. The smallest absolute Gasteiger partial charge is 0.253 e. The number of aromatic amines is 1. The van der Waals surface area contributed by atoms with E-state index in [9.17, 15) is 4.79 Å². The number of nitrogens with one attached hydrogen (secondary N) is 2. The Morgan fingerprint density at radius 2 is 2.12 bits per heavy atom. The van der Waals surface area contributed by atoms with Crippen LogP contribution in [-0.4, -0.2) is 66.4 Å². The third-order valence-corrected chi connectivity index (χ3v) is 5.96. The van der Waals surface area contributed by atoms with E-state index in [1.165, 1.54) is 0 Å². The molecule has 0 spiro atoms. The van der Waals surface area contributed by atoms with Crippen LogP contribution in [0.15, 0.2) is 51.9 Å². The summed E-state index contributed by atoms with van der Waals surface area (Å²) in [7, 11) is 1.61. The number of benzene rings is 1. The highest BCUT2D eigenvalue weighted by atomic mass is 32.1. The number of rotatable bonds is 8. The predicted octanol–water partition coefficient (Wildman–Crippen LogP) is 2.34. The lowest BCUT2D eigenvalue weighted by Crippen LogP contribution is -2.46. The van der Waals surface area contributed by atoms with Crippen molar-refractivity contribution < 1.29 is 13.9 Å². The number of thiocarbonyl (C=S) groups is 1. The summed E-state index contributed by atoms with van der Waals surface area (Å²) in [5.41, 5.74) is 1.28. The third kappa shape index (κ3) is 5.67. The lowest BCUT2D eigenvalue weighted by atomic mass is 10.1. The molecule has 1 saturated heterocycles. The molecule has 0 saturated carbocycles. The maximum atomic E-state index is 12.8. The van der Waals surface area contributed by atoms with Gasteiger partial charge in [0.25, 0.3) is 5.56 Å². The normalized spacial score (nSPS) is 14.4. The van der Waals surface area contributed by atoms with E-state index in [1.54, 1.807) is 13.4 Å². The maximum absolute atomic E-state index is 12.8. The molecule has 3 aromatic rings. The number of hydrogen-bond donors (Lipinski definition) is 2. The molecule has 170 valence electrons. The van der Waals surface area contributed by atoms with Gasteiger partial charge in [0.1, 0.15) is 11.5 Å². The molecule has 2 aromatic heterocycles. The molecular weight excluding hydrogens is 428 g/mol. The SMILES string of the molecule is COc1ccc2cc(CN(CCN3CCOCC3)C(=S)NCc3ccco3)c(=O)[nH]c2c1. The van der Waals surface area contributed by atoms with Crippen LogP contribution >= 0.6 is 12.2 Å². The van der Waals surface area contributed by atoms with Crippen molar-refractivity contribution in [1.82, 2.24) is 20.1 Å². The molecule has 0 bridgehead atoms. The van der Waals surface area contributed by atoms with Crippen LogP contribution in [0.5, 0.6) is 5.75 Å². The van der Waals surface area contributed by atoms with Gasteiger partial charge >= 0.3 is 0 Å². The van der Waals surface area contributed by atoms with Crippen molar-refractivity contribution in [1.29, 1.82) is 0 Å². The zero-order chi connectivity index (χ0) is 22.3. The Bertz CT molecular complexity index is 1090. The number of methoxy groups -OCH3 is 1. The van der Waals surface area contributed by atoms with Gasteiger partial charge in [-0.25, -0.2) is 0 Å². The fourth-order valence-corrected chi connectivity index (χ4v) is 3.93. The molecule has 9 heteroatoms. The van der Waals surface area contributed by atoms with Gasteiger partial charge in [0.05, 0.1) is 45.2 Å². The second kappa shape index (κ2) is 10.6. The van der Waals surface area contributed by atoms with E-state index in [0.29, 0.717) is 36.1 Å². The second-order valence-electron chi connectivity index (χ2n) is 7.69. The van der Waals surface area contributed by atoms with Gasteiger partial charge in [-0.3, -0.25) is 9.69 Å². The Kier molecular flexibility index (Phi) is 7.41. The van der Waals surface area contributed by atoms with Crippen LogP contribution < -0.4 is 15.6 Å². The fraction of sp³-hybridized carbons (Fsp3) is 0.391. The van der Waals surface area contributed by atoms with Gasteiger partial charge in [0.2, 0.25) is 0 Å². The minimum atomic E-state index is -0.129. The Labute approximate surface area is 192 Å². The molecular formula is C23H28N4O4S. The van der Waals surface area contributed by atoms with Crippen molar-refractivity contribution in [2.45, 2.75) is 13.1 Å². The van der Waals surface area contributed by atoms with Crippen molar-refractivity contribution in [2.24, 2.45) is 0 Å². The monoisotopic (exact) mass is 456 g/mol. The highest BCUT2D eigenvalue weighted by Crippen LogP contribution is 2.19. The highest BCUT2D eigenvalue weighted by Gasteiger charge is 2.17. The van der Waals surface area contributed by atoms with Gasteiger partial charge in [0, 0.05) is 37.8 Å². The van der Waals surface area contributed by atoms with Crippen molar-refractivity contribution in [3.05, 3.63) is 64.3 Å². The van der Waals surface area contributed by atoms with E-state index in [4.69, 9.17) is 26.1 Å². The Hall–Kier alpha value is -2.88. The van der Waals surface area contributed by atoms with Crippen molar-refractivity contribution in [3.63, 3.8) is 0 Å². The number of H-pyrrole nitrogens is 1. The van der Waals surface area contributed by atoms with E-state index in [0.717, 1.165) is 49.5 Å². The number of hydrogen-bond acceptors (Lipinski definition) is 6. The number of fused-ring (bicyclic) bond motifs is 1. The zero-order valence-electron chi connectivity index (χ0n) is 18.1. The highest BCUT2D eigenvalue weighted by molar-refractivity contribution is 7.80. The van der Waals surface area contributed by atoms with Crippen LogP contribution in [0.25, 0.3) is 10.9 Å². The Balaban J connectivity index is 1.50. The molecule has 0 atom stereocenters. The van der Waals surface area contributed by atoms with Gasteiger partial charge in [-0.15, -0.1) is 0 Å². The Morgan fingerprint density at radius 3 is 2.88 bits per heavy atom.